The molecule has 1 aliphatic heterocycles. The summed E-state index contributed by atoms with van der Waals surface area (Å²) >= 11 is 2.36. The Hall–Kier alpha value is -2.64. The SMILES string of the molecule is CC#CC(=O)N(c1ccc2c(n1)c(OC1CCOC1)nn2C)c1cc(C)c(I)cc1C1CC1. The van der Waals surface area contributed by atoms with Crippen LogP contribution >= 0.6 is 22.6 Å². The maximum atomic E-state index is 13.3. The molecule has 170 valence electrons. The Morgan fingerprint density at radius 2 is 2.12 bits per heavy atom. The number of amides is 1. The Morgan fingerprint density at radius 1 is 1.30 bits per heavy atom. The summed E-state index contributed by atoms with van der Waals surface area (Å²) in [5.74, 6) is 6.60. The fourth-order valence-corrected chi connectivity index (χ4v) is 4.65. The van der Waals surface area contributed by atoms with E-state index in [0.29, 0.717) is 36.3 Å². The molecule has 1 aromatic carbocycles. The van der Waals surface area contributed by atoms with E-state index in [-0.39, 0.29) is 12.0 Å². The number of hydrogen-bond donors (Lipinski definition) is 0. The van der Waals surface area contributed by atoms with Crippen LogP contribution in [0.25, 0.3) is 11.0 Å². The molecule has 8 heteroatoms. The van der Waals surface area contributed by atoms with E-state index in [4.69, 9.17) is 14.5 Å². The highest BCUT2D eigenvalue weighted by molar-refractivity contribution is 14.1. The molecule has 2 aliphatic rings. The van der Waals surface area contributed by atoms with Crippen LogP contribution in [0, 0.1) is 22.3 Å². The van der Waals surface area contributed by atoms with Crippen LogP contribution in [-0.2, 0) is 16.6 Å². The zero-order chi connectivity index (χ0) is 23.1. The number of ether oxygens (including phenoxy) is 2. The van der Waals surface area contributed by atoms with E-state index in [1.807, 2.05) is 19.2 Å². The number of halogens is 1. The fourth-order valence-electron chi connectivity index (χ4n) is 4.16. The van der Waals surface area contributed by atoms with Crippen LogP contribution in [0.2, 0.25) is 0 Å². The molecular weight excluding hydrogens is 531 g/mol. The van der Waals surface area contributed by atoms with Crippen molar-refractivity contribution < 1.29 is 14.3 Å². The average Bonchev–Trinajstić information content (AvgIpc) is 3.42. The number of pyridine rings is 1. The minimum atomic E-state index is -0.303. The average molecular weight is 556 g/mol. The van der Waals surface area contributed by atoms with Gasteiger partial charge in [0.05, 0.1) is 24.4 Å². The van der Waals surface area contributed by atoms with Crippen LogP contribution < -0.4 is 9.64 Å². The summed E-state index contributed by atoms with van der Waals surface area (Å²) in [5, 5.41) is 4.53. The van der Waals surface area contributed by atoms with Crippen LogP contribution in [0.4, 0.5) is 11.5 Å². The second-order valence-electron chi connectivity index (χ2n) is 8.52. The van der Waals surface area contributed by atoms with Gasteiger partial charge in [0.2, 0.25) is 0 Å². The fraction of sp³-hybridized carbons (Fsp3) is 0.400. The van der Waals surface area contributed by atoms with Gasteiger partial charge < -0.3 is 9.47 Å². The lowest BCUT2D eigenvalue weighted by Crippen LogP contribution is -2.26. The Kier molecular flexibility index (Phi) is 6.01. The van der Waals surface area contributed by atoms with Crippen molar-refractivity contribution in [1.82, 2.24) is 14.8 Å². The predicted octanol–water partition coefficient (Wildman–Crippen LogP) is 4.61. The van der Waals surface area contributed by atoms with E-state index in [2.05, 4.69) is 58.6 Å². The van der Waals surface area contributed by atoms with Crippen molar-refractivity contribution in [3.05, 3.63) is 39.0 Å². The molecular formula is C25H25IN4O3. The number of fused-ring (bicyclic) bond motifs is 1. The van der Waals surface area contributed by atoms with E-state index in [1.54, 1.807) is 16.5 Å². The summed E-state index contributed by atoms with van der Waals surface area (Å²) in [5.41, 5.74) is 4.60. The summed E-state index contributed by atoms with van der Waals surface area (Å²) < 4.78 is 14.5. The van der Waals surface area contributed by atoms with Gasteiger partial charge in [-0.15, -0.1) is 5.10 Å². The minimum Gasteiger partial charge on any atom is -0.469 e. The third kappa shape index (κ3) is 4.32. The van der Waals surface area contributed by atoms with E-state index >= 15 is 0 Å². The largest absolute Gasteiger partial charge is 0.469 e. The van der Waals surface area contributed by atoms with Crippen LogP contribution in [0.5, 0.6) is 5.88 Å². The van der Waals surface area contributed by atoms with Crippen molar-refractivity contribution in [2.75, 3.05) is 18.1 Å². The topological polar surface area (TPSA) is 69.5 Å². The van der Waals surface area contributed by atoms with Crippen LogP contribution in [-0.4, -0.2) is 40.0 Å². The quantitative estimate of drug-likeness (QED) is 0.339. The van der Waals surface area contributed by atoms with Crippen LogP contribution in [0.15, 0.2) is 24.3 Å². The van der Waals surface area contributed by atoms with Gasteiger partial charge in [0.1, 0.15) is 11.9 Å². The summed E-state index contributed by atoms with van der Waals surface area (Å²) in [6.45, 7) is 4.96. The predicted molar refractivity (Wildman–Crippen MR) is 135 cm³/mol. The smallest absolute Gasteiger partial charge is 0.308 e. The molecule has 1 saturated heterocycles. The van der Waals surface area contributed by atoms with E-state index in [1.165, 1.54) is 9.13 Å². The first kappa shape index (κ1) is 22.2. The molecule has 1 aliphatic carbocycles. The van der Waals surface area contributed by atoms with Gasteiger partial charge in [-0.05, 0) is 96.5 Å². The van der Waals surface area contributed by atoms with Crippen LogP contribution in [0.1, 0.15) is 43.2 Å². The Morgan fingerprint density at radius 3 is 2.82 bits per heavy atom. The van der Waals surface area contributed by atoms with Gasteiger partial charge in [-0.3, -0.25) is 14.4 Å². The first-order valence-electron chi connectivity index (χ1n) is 11.1. The first-order chi connectivity index (χ1) is 16.0. The van der Waals surface area contributed by atoms with Crippen molar-refractivity contribution in [3.8, 4) is 17.7 Å². The highest BCUT2D eigenvalue weighted by atomic mass is 127. The molecule has 2 aromatic heterocycles. The normalized spacial score (nSPS) is 17.6. The molecule has 0 N–H and O–H groups in total. The second-order valence-corrected chi connectivity index (χ2v) is 9.68. The van der Waals surface area contributed by atoms with E-state index in [9.17, 15) is 4.79 Å². The first-order valence-corrected chi connectivity index (χ1v) is 12.2. The molecule has 1 saturated carbocycles. The molecule has 1 atom stereocenters. The highest BCUT2D eigenvalue weighted by Crippen LogP contribution is 2.47. The lowest BCUT2D eigenvalue weighted by atomic mass is 10.0. The molecule has 3 heterocycles. The molecule has 33 heavy (non-hydrogen) atoms. The molecule has 2 fully saturated rings. The van der Waals surface area contributed by atoms with E-state index < -0.39 is 0 Å². The van der Waals surface area contributed by atoms with Crippen molar-refractivity contribution >= 4 is 51.0 Å². The molecule has 0 spiro atoms. The number of benzene rings is 1. The summed E-state index contributed by atoms with van der Waals surface area (Å²) in [4.78, 5) is 19.8. The standard InChI is InChI=1S/C25H25IN4O3/c1-4-5-23(31)30(21-12-15(2)19(26)13-18(21)16-6-7-16)22-9-8-20-24(27-22)25(28-29(20)3)33-17-10-11-32-14-17/h8-9,12-13,16-17H,6-7,10-11,14H2,1-3H3. The zero-order valence-electron chi connectivity index (χ0n) is 18.9. The van der Waals surface area contributed by atoms with Crippen molar-refractivity contribution in [2.45, 2.75) is 45.1 Å². The van der Waals surface area contributed by atoms with Crippen molar-refractivity contribution in [2.24, 2.45) is 7.05 Å². The Labute approximate surface area is 206 Å². The van der Waals surface area contributed by atoms with Gasteiger partial charge in [-0.1, -0.05) is 5.92 Å². The third-order valence-electron chi connectivity index (χ3n) is 6.05. The Bertz CT molecular complexity index is 1300. The van der Waals surface area contributed by atoms with Gasteiger partial charge in [-0.25, -0.2) is 4.98 Å². The summed E-state index contributed by atoms with van der Waals surface area (Å²) in [7, 11) is 1.86. The van der Waals surface area contributed by atoms with E-state index in [0.717, 1.165) is 36.0 Å². The van der Waals surface area contributed by atoms with Gasteiger partial charge >= 0.3 is 5.91 Å². The van der Waals surface area contributed by atoms with Gasteiger partial charge in [0.25, 0.3) is 5.88 Å². The maximum Gasteiger partial charge on any atom is 0.308 e. The summed E-state index contributed by atoms with van der Waals surface area (Å²) in [6.07, 6.45) is 3.03. The van der Waals surface area contributed by atoms with Crippen molar-refractivity contribution in [1.29, 1.82) is 0 Å². The minimum absolute atomic E-state index is 0.0439. The number of carbonyl (C=O) groups is 1. The number of rotatable bonds is 5. The second kappa shape index (κ2) is 8.95. The lowest BCUT2D eigenvalue weighted by molar-refractivity contribution is -0.112. The molecule has 0 radical (unpaired) electrons. The number of aromatic nitrogens is 3. The molecule has 1 amide bonds. The molecule has 7 nitrogen and oxygen atoms in total. The molecule has 0 bridgehead atoms. The summed E-state index contributed by atoms with van der Waals surface area (Å²) in [6, 6.07) is 8.05. The molecule has 5 rings (SSSR count). The molecule has 1 unspecified atom stereocenters. The van der Waals surface area contributed by atoms with Gasteiger partial charge in [-0.2, -0.15) is 0 Å². The lowest BCUT2D eigenvalue weighted by Gasteiger charge is -2.24. The zero-order valence-corrected chi connectivity index (χ0v) is 21.0. The number of nitrogens with zero attached hydrogens (tertiary/aromatic N) is 4. The Balaban J connectivity index is 1.64. The highest BCUT2D eigenvalue weighted by Gasteiger charge is 2.31. The molecule has 3 aromatic rings. The van der Waals surface area contributed by atoms with Gasteiger partial charge in [0, 0.05) is 17.0 Å². The monoisotopic (exact) mass is 556 g/mol. The number of hydrogen-bond acceptors (Lipinski definition) is 5. The third-order valence-corrected chi connectivity index (χ3v) is 7.21. The number of anilines is 2. The van der Waals surface area contributed by atoms with Crippen molar-refractivity contribution in [3.63, 3.8) is 0 Å². The maximum absolute atomic E-state index is 13.3. The number of carbonyl (C=O) groups excluding carboxylic acids is 1. The van der Waals surface area contributed by atoms with Crippen LogP contribution in [0.3, 0.4) is 0 Å². The van der Waals surface area contributed by atoms with Gasteiger partial charge in [0.15, 0.2) is 5.52 Å². The number of aryl methyl sites for hydroxylation is 2.